The van der Waals surface area contributed by atoms with Gasteiger partial charge in [0.1, 0.15) is 4.83 Å². The van der Waals surface area contributed by atoms with E-state index in [1.807, 2.05) is 0 Å². The monoisotopic (exact) mass is 443 g/mol. The van der Waals surface area contributed by atoms with Crippen LogP contribution >= 0.6 is 22.9 Å². The van der Waals surface area contributed by atoms with E-state index >= 15 is 0 Å². The fourth-order valence-corrected chi connectivity index (χ4v) is 5.12. The molecule has 0 spiro atoms. The SMILES string of the molecule is CCOC(=O)C1=NN(c2ccc(Cl)cc2)c2nc3sc4c(c3c(=O)n2N1)CCCC4. The van der Waals surface area contributed by atoms with Crippen LogP contribution in [0.1, 0.15) is 30.2 Å². The number of carbonyl (C=O) groups excluding carboxylic acids is 1. The Morgan fingerprint density at radius 3 is 2.80 bits per heavy atom. The first-order valence-electron chi connectivity index (χ1n) is 9.72. The fraction of sp³-hybridized carbons (Fsp3) is 0.300. The first-order chi connectivity index (χ1) is 14.6. The lowest BCUT2D eigenvalue weighted by molar-refractivity contribution is -0.135. The summed E-state index contributed by atoms with van der Waals surface area (Å²) in [4.78, 5) is 32.5. The first-order valence-corrected chi connectivity index (χ1v) is 10.9. The van der Waals surface area contributed by atoms with E-state index in [1.165, 1.54) is 14.6 Å². The van der Waals surface area contributed by atoms with Crippen molar-refractivity contribution in [2.24, 2.45) is 5.10 Å². The third kappa shape index (κ3) is 3.05. The highest BCUT2D eigenvalue weighted by atomic mass is 35.5. The molecule has 1 aromatic carbocycles. The number of aromatic nitrogens is 2. The van der Waals surface area contributed by atoms with Crippen molar-refractivity contribution in [1.82, 2.24) is 9.66 Å². The highest BCUT2D eigenvalue weighted by Gasteiger charge is 2.30. The third-order valence-electron chi connectivity index (χ3n) is 5.12. The van der Waals surface area contributed by atoms with Crippen LogP contribution in [0.25, 0.3) is 10.2 Å². The minimum absolute atomic E-state index is 0.0911. The van der Waals surface area contributed by atoms with Crippen molar-refractivity contribution in [3.05, 3.63) is 50.1 Å². The van der Waals surface area contributed by atoms with Crippen molar-refractivity contribution in [3.8, 4) is 0 Å². The van der Waals surface area contributed by atoms with E-state index in [9.17, 15) is 9.59 Å². The maximum absolute atomic E-state index is 13.5. The molecule has 0 saturated carbocycles. The van der Waals surface area contributed by atoms with Gasteiger partial charge in [0.05, 0.1) is 17.7 Å². The van der Waals surface area contributed by atoms with Crippen LogP contribution in [0.5, 0.6) is 0 Å². The van der Waals surface area contributed by atoms with Gasteiger partial charge in [-0.15, -0.1) is 16.4 Å². The van der Waals surface area contributed by atoms with E-state index < -0.39 is 5.97 Å². The van der Waals surface area contributed by atoms with Crippen LogP contribution in [0.2, 0.25) is 5.02 Å². The number of nitrogens with one attached hydrogen (secondary N) is 1. The Labute approximate surface area is 180 Å². The van der Waals surface area contributed by atoms with Gasteiger partial charge in [-0.05, 0) is 62.4 Å². The number of benzene rings is 1. The van der Waals surface area contributed by atoms with Crippen molar-refractivity contribution < 1.29 is 9.53 Å². The average Bonchev–Trinajstić information content (AvgIpc) is 3.13. The summed E-state index contributed by atoms with van der Waals surface area (Å²) in [7, 11) is 0. The molecular weight excluding hydrogens is 426 g/mol. The highest BCUT2D eigenvalue weighted by Crippen LogP contribution is 2.36. The Kier molecular flexibility index (Phi) is 4.71. The molecule has 1 aliphatic carbocycles. The zero-order valence-electron chi connectivity index (χ0n) is 16.1. The molecule has 0 amide bonds. The van der Waals surface area contributed by atoms with Gasteiger partial charge in [-0.1, -0.05) is 11.6 Å². The van der Waals surface area contributed by atoms with E-state index in [1.54, 1.807) is 42.5 Å². The molecule has 1 aliphatic heterocycles. The summed E-state index contributed by atoms with van der Waals surface area (Å²) < 4.78 is 6.36. The standard InChI is InChI=1S/C20H18ClN5O3S/c1-2-29-19(28)16-23-25(12-9-7-11(21)8-10-12)20-22-17-15(18(27)26(20)24-16)13-5-3-4-6-14(13)30-17/h7-10H,2-6H2,1H3,(H,23,24). The summed E-state index contributed by atoms with van der Waals surface area (Å²) in [5.74, 6) is -0.463. The molecule has 5 rings (SSSR count). The minimum atomic E-state index is -0.651. The molecule has 2 aliphatic rings. The average molecular weight is 444 g/mol. The van der Waals surface area contributed by atoms with Crippen molar-refractivity contribution in [2.45, 2.75) is 32.6 Å². The van der Waals surface area contributed by atoms with Crippen molar-refractivity contribution >= 4 is 56.6 Å². The molecule has 10 heteroatoms. The van der Waals surface area contributed by atoms with Crippen LogP contribution < -0.4 is 16.0 Å². The molecule has 154 valence electrons. The molecule has 1 N–H and O–H groups in total. The minimum Gasteiger partial charge on any atom is -0.460 e. The predicted octanol–water partition coefficient (Wildman–Crippen LogP) is 3.56. The normalized spacial score (nSPS) is 15.3. The molecule has 3 aromatic rings. The van der Waals surface area contributed by atoms with Gasteiger partial charge in [-0.25, -0.2) is 4.79 Å². The second-order valence-corrected chi connectivity index (χ2v) is 8.53. The molecule has 0 bridgehead atoms. The fourth-order valence-electron chi connectivity index (χ4n) is 3.75. The molecule has 0 unspecified atom stereocenters. The second-order valence-electron chi connectivity index (χ2n) is 7.01. The summed E-state index contributed by atoms with van der Waals surface area (Å²) in [5.41, 5.74) is 4.25. The van der Waals surface area contributed by atoms with Crippen LogP contribution in [0.15, 0.2) is 34.2 Å². The number of anilines is 2. The summed E-state index contributed by atoms with van der Waals surface area (Å²) in [6, 6.07) is 6.92. The first kappa shape index (κ1) is 19.1. The summed E-state index contributed by atoms with van der Waals surface area (Å²) >= 11 is 7.58. The van der Waals surface area contributed by atoms with Gasteiger partial charge in [0, 0.05) is 9.90 Å². The molecule has 0 atom stereocenters. The molecular formula is C20H18ClN5O3S. The summed E-state index contributed by atoms with van der Waals surface area (Å²) in [5, 5.41) is 7.01. The van der Waals surface area contributed by atoms with E-state index in [-0.39, 0.29) is 24.0 Å². The van der Waals surface area contributed by atoms with Crippen molar-refractivity contribution in [2.75, 3.05) is 17.0 Å². The number of fused-ring (bicyclic) bond motifs is 4. The Bertz CT molecular complexity index is 1250. The Morgan fingerprint density at radius 1 is 1.27 bits per heavy atom. The Morgan fingerprint density at radius 2 is 2.03 bits per heavy atom. The van der Waals surface area contributed by atoms with Gasteiger partial charge < -0.3 is 4.74 Å². The number of ether oxygens (including phenoxy) is 1. The van der Waals surface area contributed by atoms with E-state index in [0.717, 1.165) is 31.2 Å². The van der Waals surface area contributed by atoms with Crippen LogP contribution in [-0.2, 0) is 22.4 Å². The number of hydrogen-bond acceptors (Lipinski definition) is 8. The highest BCUT2D eigenvalue weighted by molar-refractivity contribution is 7.18. The van der Waals surface area contributed by atoms with E-state index in [0.29, 0.717) is 20.9 Å². The number of thiophene rings is 1. The Hall–Kier alpha value is -2.91. The molecule has 2 aromatic heterocycles. The van der Waals surface area contributed by atoms with E-state index in [4.69, 9.17) is 21.3 Å². The van der Waals surface area contributed by atoms with Gasteiger partial charge in [0.15, 0.2) is 0 Å². The zero-order chi connectivity index (χ0) is 20.8. The molecule has 30 heavy (non-hydrogen) atoms. The second kappa shape index (κ2) is 7.41. The van der Waals surface area contributed by atoms with Gasteiger partial charge in [-0.2, -0.15) is 14.7 Å². The molecule has 0 radical (unpaired) electrons. The van der Waals surface area contributed by atoms with Crippen LogP contribution in [0, 0.1) is 0 Å². The number of nitrogens with zero attached hydrogens (tertiary/aromatic N) is 4. The van der Waals surface area contributed by atoms with Crippen molar-refractivity contribution in [1.29, 1.82) is 0 Å². The largest absolute Gasteiger partial charge is 0.460 e. The molecule has 0 saturated heterocycles. The lowest BCUT2D eigenvalue weighted by Crippen LogP contribution is -2.45. The van der Waals surface area contributed by atoms with Gasteiger partial charge in [-0.3, -0.25) is 10.2 Å². The lowest BCUT2D eigenvalue weighted by Gasteiger charge is -2.27. The smallest absolute Gasteiger partial charge is 0.377 e. The van der Waals surface area contributed by atoms with Gasteiger partial charge in [0.25, 0.3) is 17.3 Å². The topological polar surface area (TPSA) is 88.8 Å². The lowest BCUT2D eigenvalue weighted by atomic mass is 9.97. The van der Waals surface area contributed by atoms with Crippen LogP contribution in [0.3, 0.4) is 0 Å². The molecule has 8 nitrogen and oxygen atoms in total. The quantitative estimate of drug-likeness (QED) is 0.622. The summed E-state index contributed by atoms with van der Waals surface area (Å²) in [6.45, 7) is 1.90. The number of hydrazone groups is 1. The molecule has 0 fully saturated rings. The number of rotatable bonds is 3. The van der Waals surface area contributed by atoms with Crippen LogP contribution in [0.4, 0.5) is 11.6 Å². The maximum atomic E-state index is 13.5. The number of halogens is 1. The van der Waals surface area contributed by atoms with Gasteiger partial charge in [0.2, 0.25) is 0 Å². The zero-order valence-corrected chi connectivity index (χ0v) is 17.7. The molecule has 3 heterocycles. The number of hydrogen-bond donors (Lipinski definition) is 1. The third-order valence-corrected chi connectivity index (χ3v) is 6.56. The van der Waals surface area contributed by atoms with Crippen molar-refractivity contribution in [3.63, 3.8) is 0 Å². The number of aryl methyl sites for hydroxylation is 2. The number of amidine groups is 1. The summed E-state index contributed by atoms with van der Waals surface area (Å²) in [6.07, 6.45) is 4.00. The number of esters is 1. The van der Waals surface area contributed by atoms with Crippen LogP contribution in [-0.4, -0.2) is 28.1 Å². The van der Waals surface area contributed by atoms with E-state index in [2.05, 4.69) is 10.5 Å². The Balaban J connectivity index is 1.73. The maximum Gasteiger partial charge on any atom is 0.377 e. The predicted molar refractivity (Wildman–Crippen MR) is 118 cm³/mol. The van der Waals surface area contributed by atoms with Gasteiger partial charge >= 0.3 is 5.97 Å². The number of carbonyl (C=O) groups is 1.